The first kappa shape index (κ1) is 15.9. The number of aromatic nitrogens is 1. The van der Waals surface area contributed by atoms with Crippen LogP contribution in [-0.4, -0.2) is 23.8 Å². The van der Waals surface area contributed by atoms with E-state index in [4.69, 9.17) is 11.6 Å². The SMILES string of the molecule is COC(=O)c1nc(Nc2cc(Cl)ccc2Br)sc1C(C)=O. The van der Waals surface area contributed by atoms with Gasteiger partial charge in [0.05, 0.1) is 12.8 Å². The zero-order valence-corrected chi connectivity index (χ0v) is 14.2. The van der Waals surface area contributed by atoms with Crippen LogP contribution < -0.4 is 5.32 Å². The van der Waals surface area contributed by atoms with Gasteiger partial charge in [-0.1, -0.05) is 22.9 Å². The molecular weight excluding hydrogens is 380 g/mol. The molecule has 0 radical (unpaired) electrons. The molecule has 1 aromatic heterocycles. The highest BCUT2D eigenvalue weighted by atomic mass is 79.9. The van der Waals surface area contributed by atoms with Crippen molar-refractivity contribution in [3.63, 3.8) is 0 Å². The second-order valence-corrected chi connectivity index (χ2v) is 6.28. The number of hydrogen-bond acceptors (Lipinski definition) is 6. The molecule has 0 atom stereocenters. The number of thiazole rings is 1. The minimum absolute atomic E-state index is 0.00986. The highest BCUT2D eigenvalue weighted by molar-refractivity contribution is 9.10. The van der Waals surface area contributed by atoms with Crippen molar-refractivity contribution in [3.05, 3.63) is 38.3 Å². The van der Waals surface area contributed by atoms with Gasteiger partial charge in [0.15, 0.2) is 16.6 Å². The van der Waals surface area contributed by atoms with Crippen molar-refractivity contribution in [3.8, 4) is 0 Å². The number of rotatable bonds is 4. The number of anilines is 2. The van der Waals surface area contributed by atoms with Crippen LogP contribution in [-0.2, 0) is 4.74 Å². The number of methoxy groups -OCH3 is 1. The van der Waals surface area contributed by atoms with E-state index in [1.54, 1.807) is 18.2 Å². The number of halogens is 2. The summed E-state index contributed by atoms with van der Waals surface area (Å²) in [5.74, 6) is -0.888. The van der Waals surface area contributed by atoms with E-state index in [0.29, 0.717) is 15.8 Å². The lowest BCUT2D eigenvalue weighted by atomic mass is 10.3. The Balaban J connectivity index is 2.39. The number of Topliss-reactive ketones (excluding diaryl/α,β-unsaturated/α-hetero) is 1. The minimum atomic E-state index is -0.644. The minimum Gasteiger partial charge on any atom is -0.464 e. The number of carbonyl (C=O) groups excluding carboxylic acids is 2. The maximum atomic E-state index is 11.6. The van der Waals surface area contributed by atoms with Crippen LogP contribution in [0.15, 0.2) is 22.7 Å². The quantitative estimate of drug-likeness (QED) is 0.624. The zero-order valence-electron chi connectivity index (χ0n) is 11.1. The Morgan fingerprint density at radius 3 is 2.76 bits per heavy atom. The third-order valence-corrected chi connectivity index (χ3v) is 4.49. The highest BCUT2D eigenvalue weighted by Gasteiger charge is 2.22. The molecule has 2 aromatic rings. The average Bonchev–Trinajstić information content (AvgIpc) is 2.86. The van der Waals surface area contributed by atoms with Gasteiger partial charge in [-0.15, -0.1) is 0 Å². The number of nitrogens with one attached hydrogen (secondary N) is 1. The van der Waals surface area contributed by atoms with Crippen molar-refractivity contribution < 1.29 is 14.3 Å². The van der Waals surface area contributed by atoms with Crippen LogP contribution in [0, 0.1) is 0 Å². The molecule has 0 saturated heterocycles. The van der Waals surface area contributed by atoms with Crippen LogP contribution in [0.2, 0.25) is 5.02 Å². The van der Waals surface area contributed by atoms with Crippen molar-refractivity contribution in [2.24, 2.45) is 0 Å². The third-order valence-electron chi connectivity index (χ3n) is 2.50. The van der Waals surface area contributed by atoms with Gasteiger partial charge < -0.3 is 10.1 Å². The fourth-order valence-electron chi connectivity index (χ4n) is 1.56. The van der Waals surface area contributed by atoms with Crippen LogP contribution in [0.3, 0.4) is 0 Å². The second-order valence-electron chi connectivity index (χ2n) is 3.99. The van der Waals surface area contributed by atoms with Crippen LogP contribution in [0.1, 0.15) is 27.1 Å². The molecule has 0 aliphatic heterocycles. The molecule has 1 heterocycles. The lowest BCUT2D eigenvalue weighted by Crippen LogP contribution is -2.07. The maximum Gasteiger partial charge on any atom is 0.358 e. The lowest BCUT2D eigenvalue weighted by Gasteiger charge is -2.05. The largest absolute Gasteiger partial charge is 0.464 e. The van der Waals surface area contributed by atoms with Crippen LogP contribution in [0.25, 0.3) is 0 Å². The molecule has 0 aliphatic rings. The van der Waals surface area contributed by atoms with Crippen molar-refractivity contribution in [2.75, 3.05) is 12.4 Å². The van der Waals surface area contributed by atoms with Gasteiger partial charge in [0.1, 0.15) is 4.88 Å². The molecule has 0 aliphatic carbocycles. The highest BCUT2D eigenvalue weighted by Crippen LogP contribution is 2.32. The van der Waals surface area contributed by atoms with Gasteiger partial charge >= 0.3 is 5.97 Å². The molecule has 110 valence electrons. The first-order chi connectivity index (χ1) is 9.92. The summed E-state index contributed by atoms with van der Waals surface area (Å²) < 4.78 is 5.41. The summed E-state index contributed by atoms with van der Waals surface area (Å²) >= 11 is 10.4. The van der Waals surface area contributed by atoms with Gasteiger partial charge in [-0.2, -0.15) is 0 Å². The first-order valence-electron chi connectivity index (χ1n) is 5.74. The van der Waals surface area contributed by atoms with Gasteiger partial charge in [-0.05, 0) is 34.1 Å². The Labute approximate surface area is 138 Å². The van der Waals surface area contributed by atoms with E-state index < -0.39 is 5.97 Å². The zero-order chi connectivity index (χ0) is 15.6. The molecule has 0 spiro atoms. The van der Waals surface area contributed by atoms with Gasteiger partial charge in [0.2, 0.25) is 0 Å². The van der Waals surface area contributed by atoms with E-state index in [1.807, 2.05) is 0 Å². The van der Waals surface area contributed by atoms with E-state index in [1.165, 1.54) is 14.0 Å². The number of ketones is 1. The molecule has 5 nitrogen and oxygen atoms in total. The van der Waals surface area contributed by atoms with Crippen molar-refractivity contribution in [2.45, 2.75) is 6.92 Å². The molecule has 1 N–H and O–H groups in total. The van der Waals surface area contributed by atoms with Crippen LogP contribution in [0.4, 0.5) is 10.8 Å². The maximum absolute atomic E-state index is 11.6. The summed E-state index contributed by atoms with van der Waals surface area (Å²) in [6, 6.07) is 5.23. The molecule has 0 fully saturated rings. The number of carbonyl (C=O) groups is 2. The molecule has 21 heavy (non-hydrogen) atoms. The topological polar surface area (TPSA) is 68.3 Å². The first-order valence-corrected chi connectivity index (χ1v) is 7.73. The monoisotopic (exact) mass is 388 g/mol. The summed E-state index contributed by atoms with van der Waals surface area (Å²) in [7, 11) is 1.24. The molecular formula is C13H10BrClN2O3S. The lowest BCUT2D eigenvalue weighted by molar-refractivity contribution is 0.0591. The third kappa shape index (κ3) is 3.61. The normalized spacial score (nSPS) is 10.3. The molecule has 0 bridgehead atoms. The summed E-state index contributed by atoms with van der Waals surface area (Å²) in [6.07, 6.45) is 0. The molecule has 0 saturated carbocycles. The standard InChI is InChI=1S/C13H10BrClN2O3S/c1-6(18)11-10(12(19)20-2)17-13(21-11)16-9-5-7(15)3-4-8(9)14/h3-5H,1-2H3,(H,16,17). The van der Waals surface area contributed by atoms with Crippen LogP contribution in [0.5, 0.6) is 0 Å². The van der Waals surface area contributed by atoms with Gasteiger partial charge in [-0.3, -0.25) is 4.79 Å². The number of benzene rings is 1. The summed E-state index contributed by atoms with van der Waals surface area (Å²) in [5.41, 5.74) is 0.693. The van der Waals surface area contributed by atoms with E-state index in [0.717, 1.165) is 15.8 Å². The van der Waals surface area contributed by atoms with E-state index in [-0.39, 0.29) is 16.4 Å². The van der Waals surface area contributed by atoms with E-state index in [9.17, 15) is 9.59 Å². The fraction of sp³-hybridized carbons (Fsp3) is 0.154. The average molecular weight is 390 g/mol. The Hall–Kier alpha value is -1.44. The number of nitrogens with zero attached hydrogens (tertiary/aromatic N) is 1. The fourth-order valence-corrected chi connectivity index (χ4v) is 2.93. The smallest absolute Gasteiger partial charge is 0.358 e. The van der Waals surface area contributed by atoms with Crippen molar-refractivity contribution >= 4 is 61.4 Å². The predicted octanol–water partition coefficient (Wildman–Crippen LogP) is 4.29. The molecule has 2 rings (SSSR count). The number of hydrogen-bond donors (Lipinski definition) is 1. The summed E-state index contributed by atoms with van der Waals surface area (Å²) in [5, 5.41) is 3.98. The number of ether oxygens (including phenoxy) is 1. The van der Waals surface area contributed by atoms with Gasteiger partial charge in [-0.25, -0.2) is 9.78 Å². The van der Waals surface area contributed by atoms with E-state index in [2.05, 4.69) is 31.0 Å². The van der Waals surface area contributed by atoms with Gasteiger partial charge in [0, 0.05) is 16.4 Å². The summed E-state index contributed by atoms with van der Waals surface area (Å²) in [4.78, 5) is 27.6. The Bertz CT molecular complexity index is 717. The van der Waals surface area contributed by atoms with Crippen molar-refractivity contribution in [1.82, 2.24) is 4.98 Å². The Morgan fingerprint density at radius 1 is 1.43 bits per heavy atom. The molecule has 1 aromatic carbocycles. The Morgan fingerprint density at radius 2 is 2.14 bits per heavy atom. The Kier molecular flexibility index (Phi) is 4.97. The molecule has 8 heteroatoms. The van der Waals surface area contributed by atoms with Crippen molar-refractivity contribution in [1.29, 1.82) is 0 Å². The summed E-state index contributed by atoms with van der Waals surface area (Å²) in [6.45, 7) is 1.37. The van der Waals surface area contributed by atoms with Crippen LogP contribution >= 0.6 is 38.9 Å². The predicted molar refractivity (Wildman–Crippen MR) is 85.9 cm³/mol. The molecule has 0 amide bonds. The second kappa shape index (κ2) is 6.55. The molecule has 0 unspecified atom stereocenters. The van der Waals surface area contributed by atoms with E-state index >= 15 is 0 Å². The van der Waals surface area contributed by atoms with Gasteiger partial charge in [0.25, 0.3) is 0 Å². The number of esters is 1.